The number of carbonyl (C=O) groups is 1. The summed E-state index contributed by atoms with van der Waals surface area (Å²) in [5.41, 5.74) is 2.51. The van der Waals surface area contributed by atoms with Crippen LogP contribution in [0.5, 0.6) is 0 Å². The van der Waals surface area contributed by atoms with E-state index in [0.29, 0.717) is 17.9 Å². The van der Waals surface area contributed by atoms with E-state index >= 15 is 0 Å². The first-order valence-electron chi connectivity index (χ1n) is 8.47. The van der Waals surface area contributed by atoms with Crippen molar-refractivity contribution in [1.29, 1.82) is 0 Å². The second-order valence-electron chi connectivity index (χ2n) is 6.37. The van der Waals surface area contributed by atoms with Crippen LogP contribution in [0, 0.1) is 0 Å². The SMILES string of the molecule is CN(CC(O)c1ccccc1)C(=O)C1CC(Cc2ccccc2Cl)=NO1. The molecule has 136 valence electrons. The molecule has 2 unspecified atom stereocenters. The molecule has 26 heavy (non-hydrogen) atoms. The van der Waals surface area contributed by atoms with Crippen LogP contribution in [0.15, 0.2) is 59.8 Å². The zero-order chi connectivity index (χ0) is 18.5. The van der Waals surface area contributed by atoms with Gasteiger partial charge in [-0.1, -0.05) is 65.3 Å². The number of carbonyl (C=O) groups excluding carboxylic acids is 1. The number of hydrogen-bond acceptors (Lipinski definition) is 4. The molecule has 1 heterocycles. The standard InChI is InChI=1S/C20H21ClN2O3/c1-23(13-18(24)14-7-3-2-4-8-14)20(25)19-12-16(22-26-19)11-15-9-5-6-10-17(15)21/h2-10,18-19,24H,11-13H2,1H3. The van der Waals surface area contributed by atoms with E-state index in [-0.39, 0.29) is 12.5 Å². The first-order chi connectivity index (χ1) is 12.5. The predicted molar refractivity (Wildman–Crippen MR) is 101 cm³/mol. The zero-order valence-corrected chi connectivity index (χ0v) is 15.3. The fourth-order valence-corrected chi connectivity index (χ4v) is 3.10. The van der Waals surface area contributed by atoms with Gasteiger partial charge in [0.15, 0.2) is 0 Å². The third-order valence-corrected chi connectivity index (χ3v) is 4.73. The van der Waals surface area contributed by atoms with E-state index in [1.807, 2.05) is 54.6 Å². The van der Waals surface area contributed by atoms with E-state index in [9.17, 15) is 9.90 Å². The summed E-state index contributed by atoms with van der Waals surface area (Å²) < 4.78 is 0. The molecule has 0 spiro atoms. The maximum atomic E-state index is 12.6. The fourth-order valence-electron chi connectivity index (χ4n) is 2.90. The highest BCUT2D eigenvalue weighted by molar-refractivity contribution is 6.31. The van der Waals surface area contributed by atoms with Crippen molar-refractivity contribution in [3.8, 4) is 0 Å². The van der Waals surface area contributed by atoms with Crippen LogP contribution in [0.25, 0.3) is 0 Å². The quantitative estimate of drug-likeness (QED) is 0.846. The number of hydrogen-bond donors (Lipinski definition) is 1. The van der Waals surface area contributed by atoms with Gasteiger partial charge in [-0.25, -0.2) is 0 Å². The average molecular weight is 373 g/mol. The van der Waals surface area contributed by atoms with Crippen LogP contribution >= 0.6 is 11.6 Å². The molecular formula is C20H21ClN2O3. The molecule has 2 atom stereocenters. The summed E-state index contributed by atoms with van der Waals surface area (Å²) >= 11 is 6.17. The van der Waals surface area contributed by atoms with Crippen molar-refractivity contribution in [3.05, 3.63) is 70.7 Å². The monoisotopic (exact) mass is 372 g/mol. The van der Waals surface area contributed by atoms with Crippen molar-refractivity contribution in [3.63, 3.8) is 0 Å². The Balaban J connectivity index is 1.54. The molecule has 0 aliphatic carbocycles. The molecule has 0 saturated heterocycles. The van der Waals surface area contributed by atoms with E-state index < -0.39 is 12.2 Å². The number of aliphatic hydroxyl groups excluding tert-OH is 1. The maximum absolute atomic E-state index is 12.6. The summed E-state index contributed by atoms with van der Waals surface area (Å²) in [6.45, 7) is 0.197. The molecular weight excluding hydrogens is 352 g/mol. The summed E-state index contributed by atoms with van der Waals surface area (Å²) in [6, 6.07) is 16.8. The first-order valence-corrected chi connectivity index (χ1v) is 8.85. The van der Waals surface area contributed by atoms with Gasteiger partial charge in [-0.05, 0) is 17.2 Å². The van der Waals surface area contributed by atoms with Gasteiger partial charge < -0.3 is 14.8 Å². The smallest absolute Gasteiger partial charge is 0.266 e. The van der Waals surface area contributed by atoms with Gasteiger partial charge in [-0.3, -0.25) is 4.79 Å². The van der Waals surface area contributed by atoms with Gasteiger partial charge in [0.1, 0.15) is 0 Å². The van der Waals surface area contributed by atoms with Crippen LogP contribution in [0.4, 0.5) is 0 Å². The van der Waals surface area contributed by atoms with Crippen LogP contribution in [-0.2, 0) is 16.1 Å². The lowest BCUT2D eigenvalue weighted by Crippen LogP contribution is -2.39. The van der Waals surface area contributed by atoms with Crippen molar-refractivity contribution in [1.82, 2.24) is 4.90 Å². The first kappa shape index (κ1) is 18.4. The minimum Gasteiger partial charge on any atom is -0.387 e. The van der Waals surface area contributed by atoms with E-state index in [1.165, 1.54) is 4.90 Å². The number of aliphatic hydroxyl groups is 1. The Bertz CT molecular complexity index is 795. The Labute approximate surface area is 157 Å². The molecule has 0 aromatic heterocycles. The Morgan fingerprint density at radius 1 is 1.27 bits per heavy atom. The van der Waals surface area contributed by atoms with Crippen molar-refractivity contribution in [2.45, 2.75) is 25.0 Å². The number of likely N-dealkylation sites (N-methyl/N-ethyl adjacent to an activating group) is 1. The lowest BCUT2D eigenvalue weighted by molar-refractivity contribution is -0.142. The maximum Gasteiger partial charge on any atom is 0.266 e. The number of amides is 1. The molecule has 0 fully saturated rings. The molecule has 2 aromatic rings. The van der Waals surface area contributed by atoms with Crippen LogP contribution in [0.2, 0.25) is 5.02 Å². The Morgan fingerprint density at radius 3 is 2.69 bits per heavy atom. The van der Waals surface area contributed by atoms with Crippen LogP contribution < -0.4 is 0 Å². The van der Waals surface area contributed by atoms with Gasteiger partial charge in [0.2, 0.25) is 6.10 Å². The Morgan fingerprint density at radius 2 is 1.96 bits per heavy atom. The van der Waals surface area contributed by atoms with Crippen molar-refractivity contribution in [2.24, 2.45) is 5.16 Å². The molecule has 0 bridgehead atoms. The van der Waals surface area contributed by atoms with Crippen LogP contribution in [0.1, 0.15) is 23.7 Å². The number of benzene rings is 2. The Kier molecular flexibility index (Phi) is 5.91. The summed E-state index contributed by atoms with van der Waals surface area (Å²) in [7, 11) is 1.66. The topological polar surface area (TPSA) is 62.1 Å². The average Bonchev–Trinajstić information content (AvgIpc) is 3.12. The summed E-state index contributed by atoms with van der Waals surface area (Å²) in [4.78, 5) is 19.4. The highest BCUT2D eigenvalue weighted by atomic mass is 35.5. The lowest BCUT2D eigenvalue weighted by atomic mass is 10.0. The molecule has 0 saturated carbocycles. The van der Waals surface area contributed by atoms with E-state index in [2.05, 4.69) is 5.16 Å². The molecule has 5 nitrogen and oxygen atoms in total. The molecule has 1 N–H and O–H groups in total. The van der Waals surface area contributed by atoms with Gasteiger partial charge >= 0.3 is 0 Å². The second kappa shape index (κ2) is 8.34. The van der Waals surface area contributed by atoms with Crippen LogP contribution in [-0.4, -0.2) is 41.3 Å². The van der Waals surface area contributed by atoms with Crippen molar-refractivity contribution < 1.29 is 14.7 Å². The van der Waals surface area contributed by atoms with Gasteiger partial charge in [-0.15, -0.1) is 0 Å². The lowest BCUT2D eigenvalue weighted by Gasteiger charge is -2.23. The third-order valence-electron chi connectivity index (χ3n) is 4.37. The highest BCUT2D eigenvalue weighted by Crippen LogP contribution is 2.21. The minimum atomic E-state index is -0.741. The molecule has 3 rings (SSSR count). The van der Waals surface area contributed by atoms with E-state index in [4.69, 9.17) is 16.4 Å². The predicted octanol–water partition coefficient (Wildman–Crippen LogP) is 3.22. The number of nitrogens with zero attached hydrogens (tertiary/aromatic N) is 2. The van der Waals surface area contributed by atoms with Gasteiger partial charge in [0, 0.05) is 24.9 Å². The van der Waals surface area contributed by atoms with Gasteiger partial charge in [0.25, 0.3) is 5.91 Å². The van der Waals surface area contributed by atoms with Crippen molar-refractivity contribution >= 4 is 23.2 Å². The molecule has 0 radical (unpaired) electrons. The van der Waals surface area contributed by atoms with Gasteiger partial charge in [-0.2, -0.15) is 0 Å². The zero-order valence-electron chi connectivity index (χ0n) is 14.5. The van der Waals surface area contributed by atoms with Crippen LogP contribution in [0.3, 0.4) is 0 Å². The number of halogens is 1. The summed E-state index contributed by atoms with van der Waals surface area (Å²) in [5.74, 6) is -0.196. The molecule has 1 aliphatic rings. The van der Waals surface area contributed by atoms with Gasteiger partial charge in [0.05, 0.1) is 18.4 Å². The summed E-state index contributed by atoms with van der Waals surface area (Å²) in [5, 5.41) is 15.0. The molecule has 6 heteroatoms. The molecule has 1 amide bonds. The number of rotatable bonds is 6. The second-order valence-corrected chi connectivity index (χ2v) is 6.78. The summed E-state index contributed by atoms with van der Waals surface area (Å²) in [6.07, 6.45) is -0.411. The van der Waals surface area contributed by atoms with E-state index in [0.717, 1.165) is 16.8 Å². The fraction of sp³-hybridized carbons (Fsp3) is 0.300. The largest absolute Gasteiger partial charge is 0.387 e. The molecule has 2 aromatic carbocycles. The minimum absolute atomic E-state index is 0.196. The van der Waals surface area contributed by atoms with Crippen molar-refractivity contribution in [2.75, 3.05) is 13.6 Å². The third kappa shape index (κ3) is 4.42. The Hall–Kier alpha value is -2.37. The highest BCUT2D eigenvalue weighted by Gasteiger charge is 2.31. The normalized spacial score (nSPS) is 17.3. The number of oxime groups is 1. The van der Waals surface area contributed by atoms with E-state index in [1.54, 1.807) is 7.05 Å². The molecule has 1 aliphatic heterocycles.